The van der Waals surface area contributed by atoms with Crippen molar-refractivity contribution in [3.63, 3.8) is 0 Å². The molecule has 0 amide bonds. The summed E-state index contributed by atoms with van der Waals surface area (Å²) in [5.74, 6) is 0. The van der Waals surface area contributed by atoms with Crippen LogP contribution in [0.1, 0.15) is 0 Å². The molecule has 2 nitrogen and oxygen atoms in total. The lowest BCUT2D eigenvalue weighted by Crippen LogP contribution is -2.11. The molecule has 290 valence electrons. The van der Waals surface area contributed by atoms with Gasteiger partial charge in [-0.2, -0.15) is 0 Å². The predicted octanol–water partition coefficient (Wildman–Crippen LogP) is 17.2. The third kappa shape index (κ3) is 6.12. The van der Waals surface area contributed by atoms with E-state index in [1.165, 1.54) is 60.1 Å². The van der Waals surface area contributed by atoms with E-state index in [-0.39, 0.29) is 0 Å². The van der Waals surface area contributed by atoms with Crippen molar-refractivity contribution in [1.82, 2.24) is 0 Å². The molecule has 0 aliphatic carbocycles. The normalized spacial score (nSPS) is 11.5. The van der Waals surface area contributed by atoms with Crippen molar-refractivity contribution in [3.05, 3.63) is 237 Å². The molecular formula is C60H39NO. The number of rotatable bonds is 7. The van der Waals surface area contributed by atoms with Crippen LogP contribution in [0, 0.1) is 0 Å². The van der Waals surface area contributed by atoms with Crippen LogP contribution in [0.4, 0.5) is 17.1 Å². The molecule has 0 saturated carbocycles. The highest BCUT2D eigenvalue weighted by Gasteiger charge is 2.19. The first-order valence-electron chi connectivity index (χ1n) is 21.2. The molecule has 1 aromatic heterocycles. The monoisotopic (exact) mass is 789 g/mol. The average Bonchev–Trinajstić information content (AvgIpc) is 3.74. The zero-order valence-electron chi connectivity index (χ0n) is 33.9. The van der Waals surface area contributed by atoms with Crippen molar-refractivity contribution >= 4 is 71.3 Å². The minimum Gasteiger partial charge on any atom is -0.456 e. The molecule has 12 aromatic rings. The molecular weight excluding hydrogens is 751 g/mol. The smallest absolute Gasteiger partial charge is 0.136 e. The Kier molecular flexibility index (Phi) is 8.53. The van der Waals surface area contributed by atoms with Gasteiger partial charge in [0.25, 0.3) is 0 Å². The van der Waals surface area contributed by atoms with E-state index in [1.54, 1.807) is 0 Å². The van der Waals surface area contributed by atoms with Gasteiger partial charge in [-0.25, -0.2) is 0 Å². The van der Waals surface area contributed by atoms with E-state index < -0.39 is 0 Å². The maximum atomic E-state index is 6.27. The molecule has 0 saturated heterocycles. The summed E-state index contributed by atoms with van der Waals surface area (Å²) in [4.78, 5) is 2.39. The molecule has 0 atom stereocenters. The van der Waals surface area contributed by atoms with Crippen LogP contribution in [0.3, 0.4) is 0 Å². The highest BCUT2D eigenvalue weighted by molar-refractivity contribution is 6.13. The molecule has 0 unspecified atom stereocenters. The summed E-state index contributed by atoms with van der Waals surface area (Å²) in [7, 11) is 0. The maximum absolute atomic E-state index is 6.27. The summed E-state index contributed by atoms with van der Waals surface area (Å²) >= 11 is 0. The fourth-order valence-corrected chi connectivity index (χ4v) is 9.45. The third-order valence-corrected chi connectivity index (χ3v) is 12.5. The number of hydrogen-bond acceptors (Lipinski definition) is 2. The number of anilines is 3. The molecule has 0 spiro atoms. The van der Waals surface area contributed by atoms with E-state index in [4.69, 9.17) is 4.42 Å². The van der Waals surface area contributed by atoms with Crippen LogP contribution in [0.25, 0.3) is 98.8 Å². The Bertz CT molecular complexity index is 3610. The minimum atomic E-state index is 0.898. The van der Waals surface area contributed by atoms with Gasteiger partial charge in [0.05, 0.1) is 5.69 Å². The van der Waals surface area contributed by atoms with Gasteiger partial charge in [-0.3, -0.25) is 0 Å². The van der Waals surface area contributed by atoms with E-state index in [1.807, 2.05) is 12.1 Å². The number of para-hydroxylation sites is 2. The second-order valence-corrected chi connectivity index (χ2v) is 16.0. The average molecular weight is 790 g/mol. The topological polar surface area (TPSA) is 16.4 Å². The van der Waals surface area contributed by atoms with Crippen LogP contribution in [0.2, 0.25) is 0 Å². The minimum absolute atomic E-state index is 0.898. The lowest BCUT2D eigenvalue weighted by Gasteiger charge is -2.28. The number of fused-ring (bicyclic) bond motifs is 7. The fourth-order valence-electron chi connectivity index (χ4n) is 9.45. The van der Waals surface area contributed by atoms with E-state index >= 15 is 0 Å². The third-order valence-electron chi connectivity index (χ3n) is 12.5. The first kappa shape index (κ1) is 35.7. The van der Waals surface area contributed by atoms with E-state index in [9.17, 15) is 0 Å². The summed E-state index contributed by atoms with van der Waals surface area (Å²) < 4.78 is 6.27. The Balaban J connectivity index is 0.955. The zero-order valence-corrected chi connectivity index (χ0v) is 33.9. The van der Waals surface area contributed by atoms with Crippen LogP contribution in [0.15, 0.2) is 241 Å². The second-order valence-electron chi connectivity index (χ2n) is 16.0. The Morgan fingerprint density at radius 2 is 0.758 bits per heavy atom. The first-order valence-corrected chi connectivity index (χ1v) is 21.2. The summed E-state index contributed by atoms with van der Waals surface area (Å²) in [5, 5.41) is 9.81. The van der Waals surface area contributed by atoms with Gasteiger partial charge in [0.15, 0.2) is 0 Å². The van der Waals surface area contributed by atoms with E-state index in [2.05, 4.69) is 229 Å². The quantitative estimate of drug-likeness (QED) is 0.150. The number of furan rings is 1. The summed E-state index contributed by atoms with van der Waals surface area (Å²) in [6.07, 6.45) is 0. The Labute approximate surface area is 360 Å². The standard InChI is InChI=1S/C60H39NO/c1-3-14-50-42(11-1)13-9-18-52(50)44-25-23-40(24-26-44)41-29-34-48(35-30-41)61(49-36-31-45(32-37-49)55-19-10-22-59-60(55)56-17-6-8-21-58(56)62-59)57-20-7-5-16-54(57)47-33-38-53-46(39-47)28-27-43-12-2-4-15-51(43)53/h1-39H. The molecule has 1 heterocycles. The van der Waals surface area contributed by atoms with Crippen molar-refractivity contribution < 1.29 is 4.42 Å². The van der Waals surface area contributed by atoms with Gasteiger partial charge in [0.2, 0.25) is 0 Å². The molecule has 2 heteroatoms. The molecule has 0 aliphatic rings. The lowest BCUT2D eigenvalue weighted by molar-refractivity contribution is 0.669. The molecule has 0 radical (unpaired) electrons. The highest BCUT2D eigenvalue weighted by atomic mass is 16.3. The predicted molar refractivity (Wildman–Crippen MR) is 263 cm³/mol. The van der Waals surface area contributed by atoms with Gasteiger partial charge in [-0.05, 0) is 120 Å². The van der Waals surface area contributed by atoms with Crippen LogP contribution in [-0.2, 0) is 0 Å². The molecule has 0 bridgehead atoms. The van der Waals surface area contributed by atoms with Gasteiger partial charge >= 0.3 is 0 Å². The van der Waals surface area contributed by atoms with Crippen molar-refractivity contribution in [1.29, 1.82) is 0 Å². The van der Waals surface area contributed by atoms with E-state index in [0.29, 0.717) is 0 Å². The van der Waals surface area contributed by atoms with Gasteiger partial charge in [-0.1, -0.05) is 188 Å². The SMILES string of the molecule is c1ccc(N(c2ccc(-c3ccc(-c4cccc5ccccc45)cc3)cc2)c2ccc(-c3cccc4oc5ccccc5c34)cc2)c(-c2ccc3c(ccc4ccccc43)c2)c1. The Hall–Kier alpha value is -8.20. The number of nitrogens with zero attached hydrogens (tertiary/aromatic N) is 1. The van der Waals surface area contributed by atoms with Gasteiger partial charge < -0.3 is 9.32 Å². The lowest BCUT2D eigenvalue weighted by atomic mass is 9.95. The van der Waals surface area contributed by atoms with Crippen LogP contribution in [-0.4, -0.2) is 0 Å². The zero-order chi connectivity index (χ0) is 41.0. The summed E-state index contributed by atoms with van der Waals surface area (Å²) in [6, 6.07) is 85.5. The summed E-state index contributed by atoms with van der Waals surface area (Å²) in [5.41, 5.74) is 14.5. The second kappa shape index (κ2) is 14.8. The van der Waals surface area contributed by atoms with Crippen molar-refractivity contribution in [2.24, 2.45) is 0 Å². The largest absolute Gasteiger partial charge is 0.456 e. The molecule has 62 heavy (non-hydrogen) atoms. The van der Waals surface area contributed by atoms with Crippen LogP contribution >= 0.6 is 0 Å². The number of hydrogen-bond donors (Lipinski definition) is 0. The van der Waals surface area contributed by atoms with E-state index in [0.717, 1.165) is 55.7 Å². The molecule has 12 rings (SSSR count). The molecule has 11 aromatic carbocycles. The molecule has 0 aliphatic heterocycles. The van der Waals surface area contributed by atoms with Gasteiger partial charge in [0, 0.05) is 27.7 Å². The summed E-state index contributed by atoms with van der Waals surface area (Å²) in [6.45, 7) is 0. The maximum Gasteiger partial charge on any atom is 0.136 e. The fraction of sp³-hybridized carbons (Fsp3) is 0. The van der Waals surface area contributed by atoms with Gasteiger partial charge in [-0.15, -0.1) is 0 Å². The number of benzene rings is 11. The Morgan fingerprint density at radius 3 is 1.55 bits per heavy atom. The van der Waals surface area contributed by atoms with Gasteiger partial charge in [0.1, 0.15) is 11.2 Å². The van der Waals surface area contributed by atoms with Crippen LogP contribution < -0.4 is 4.90 Å². The van der Waals surface area contributed by atoms with Crippen molar-refractivity contribution in [3.8, 4) is 44.5 Å². The highest BCUT2D eigenvalue weighted by Crippen LogP contribution is 2.44. The van der Waals surface area contributed by atoms with Crippen molar-refractivity contribution in [2.75, 3.05) is 4.90 Å². The Morgan fingerprint density at radius 1 is 0.274 bits per heavy atom. The first-order chi connectivity index (χ1) is 30.7. The molecule has 0 fully saturated rings. The molecule has 0 N–H and O–H groups in total. The van der Waals surface area contributed by atoms with Crippen molar-refractivity contribution in [2.45, 2.75) is 0 Å². The van der Waals surface area contributed by atoms with Crippen LogP contribution in [0.5, 0.6) is 0 Å².